The van der Waals surface area contributed by atoms with Gasteiger partial charge in [-0.05, 0) is 46.4 Å². The monoisotopic (exact) mass is 423 g/mol. The third-order valence-corrected chi connectivity index (χ3v) is 6.82. The number of carbonyl (C=O) groups is 1. The van der Waals surface area contributed by atoms with Crippen LogP contribution in [-0.2, 0) is 10.5 Å². The van der Waals surface area contributed by atoms with E-state index in [9.17, 15) is 4.79 Å². The smallest absolute Gasteiger partial charge is 0.227 e. The standard InChI is InChI=1S/C21H21N5OS2/c1-21(2)9-15-17(16(27)10-21)18(13-6-8-28-11-13)26-19(23-15)24-20(25-26)29-12-14-5-3-4-7-22-14/h3-8,11,18H,9-10,12H2,1-2H3,(H,23,24,25). The van der Waals surface area contributed by atoms with E-state index in [-0.39, 0.29) is 17.2 Å². The van der Waals surface area contributed by atoms with Crippen molar-refractivity contribution in [3.05, 3.63) is 63.7 Å². The Kier molecular flexibility index (Phi) is 4.55. The van der Waals surface area contributed by atoms with Gasteiger partial charge in [0, 0.05) is 29.6 Å². The van der Waals surface area contributed by atoms with E-state index in [1.54, 1.807) is 29.3 Å². The van der Waals surface area contributed by atoms with E-state index in [0.717, 1.165) is 28.9 Å². The van der Waals surface area contributed by atoms with E-state index >= 15 is 0 Å². The second kappa shape index (κ2) is 7.11. The van der Waals surface area contributed by atoms with Crippen molar-refractivity contribution < 1.29 is 4.79 Å². The number of aromatic nitrogens is 4. The summed E-state index contributed by atoms with van der Waals surface area (Å²) >= 11 is 3.19. The van der Waals surface area contributed by atoms with Gasteiger partial charge in [0.2, 0.25) is 11.1 Å². The first-order valence-electron chi connectivity index (χ1n) is 9.55. The Morgan fingerprint density at radius 1 is 1.31 bits per heavy atom. The molecular weight excluding hydrogens is 402 g/mol. The Morgan fingerprint density at radius 3 is 2.97 bits per heavy atom. The number of rotatable bonds is 4. The van der Waals surface area contributed by atoms with Gasteiger partial charge in [-0.25, -0.2) is 4.68 Å². The molecule has 2 aliphatic rings. The van der Waals surface area contributed by atoms with E-state index < -0.39 is 0 Å². The number of hydrogen-bond acceptors (Lipinski definition) is 7. The summed E-state index contributed by atoms with van der Waals surface area (Å²) in [5.74, 6) is 1.60. The van der Waals surface area contributed by atoms with Gasteiger partial charge in [-0.15, -0.1) is 5.10 Å². The molecule has 1 aliphatic carbocycles. The van der Waals surface area contributed by atoms with E-state index in [1.807, 2.05) is 28.3 Å². The minimum atomic E-state index is -0.215. The molecule has 1 aliphatic heterocycles. The van der Waals surface area contributed by atoms with Gasteiger partial charge >= 0.3 is 0 Å². The van der Waals surface area contributed by atoms with Crippen LogP contribution in [0.3, 0.4) is 0 Å². The van der Waals surface area contributed by atoms with E-state index in [2.05, 4.69) is 35.6 Å². The number of allylic oxidation sites excluding steroid dienone is 2. The lowest BCUT2D eigenvalue weighted by Crippen LogP contribution is -2.36. The summed E-state index contributed by atoms with van der Waals surface area (Å²) in [6.07, 6.45) is 3.18. The molecule has 3 aromatic heterocycles. The third-order valence-electron chi connectivity index (χ3n) is 5.25. The van der Waals surface area contributed by atoms with Crippen LogP contribution in [0.25, 0.3) is 0 Å². The van der Waals surface area contributed by atoms with Crippen molar-refractivity contribution in [2.24, 2.45) is 5.41 Å². The Bertz CT molecular complexity index is 1090. The highest BCUT2D eigenvalue weighted by Gasteiger charge is 2.41. The van der Waals surface area contributed by atoms with E-state index in [4.69, 9.17) is 10.1 Å². The van der Waals surface area contributed by atoms with Crippen LogP contribution >= 0.6 is 23.1 Å². The minimum absolute atomic E-state index is 0.0547. The first kappa shape index (κ1) is 18.6. The molecule has 148 valence electrons. The highest BCUT2D eigenvalue weighted by atomic mass is 32.2. The number of thiophene rings is 1. The molecule has 3 aromatic rings. The normalized spacial score (nSPS) is 20.2. The molecule has 29 heavy (non-hydrogen) atoms. The largest absolute Gasteiger partial charge is 0.328 e. The molecule has 0 bridgehead atoms. The fourth-order valence-electron chi connectivity index (χ4n) is 4.01. The summed E-state index contributed by atoms with van der Waals surface area (Å²) in [6, 6.07) is 7.74. The molecule has 0 spiro atoms. The van der Waals surface area contributed by atoms with Crippen LogP contribution in [0.4, 0.5) is 5.95 Å². The number of carbonyl (C=O) groups excluding carboxylic acids is 1. The molecule has 1 N–H and O–H groups in total. The van der Waals surface area contributed by atoms with Crippen LogP contribution in [0.5, 0.6) is 0 Å². The van der Waals surface area contributed by atoms with Gasteiger partial charge < -0.3 is 5.32 Å². The number of pyridine rings is 1. The van der Waals surface area contributed by atoms with Gasteiger partial charge in [-0.1, -0.05) is 31.7 Å². The maximum Gasteiger partial charge on any atom is 0.227 e. The SMILES string of the molecule is CC1(C)CC(=O)C2=C(C1)Nc1nc(SCc3ccccn3)nn1C2c1ccsc1. The second-order valence-electron chi connectivity index (χ2n) is 8.19. The Balaban J connectivity index is 1.51. The Labute approximate surface area is 177 Å². The van der Waals surface area contributed by atoms with E-state index in [1.165, 1.54) is 0 Å². The maximum absolute atomic E-state index is 13.1. The Hall–Kier alpha value is -2.45. The minimum Gasteiger partial charge on any atom is -0.328 e. The summed E-state index contributed by atoms with van der Waals surface area (Å²) in [6.45, 7) is 4.28. The number of fused-ring (bicyclic) bond motifs is 1. The quantitative estimate of drug-likeness (QED) is 0.614. The molecule has 1 atom stereocenters. The lowest BCUT2D eigenvalue weighted by Gasteiger charge is -2.37. The number of nitrogens with zero attached hydrogens (tertiary/aromatic N) is 4. The number of nitrogens with one attached hydrogen (secondary N) is 1. The van der Waals surface area contributed by atoms with Gasteiger partial charge in [0.05, 0.1) is 5.69 Å². The van der Waals surface area contributed by atoms with Crippen molar-refractivity contribution in [2.45, 2.75) is 43.6 Å². The van der Waals surface area contributed by atoms with Gasteiger partial charge in [-0.3, -0.25) is 9.78 Å². The molecule has 4 heterocycles. The number of anilines is 1. The van der Waals surface area contributed by atoms with Crippen LogP contribution in [0.15, 0.2) is 57.6 Å². The molecule has 5 rings (SSSR count). The number of hydrogen-bond donors (Lipinski definition) is 1. The van der Waals surface area contributed by atoms with Crippen LogP contribution in [0.2, 0.25) is 0 Å². The van der Waals surface area contributed by atoms with Crippen LogP contribution in [-0.4, -0.2) is 25.5 Å². The molecular formula is C21H21N5OS2. The van der Waals surface area contributed by atoms with Crippen molar-refractivity contribution >= 4 is 34.8 Å². The summed E-state index contributed by atoms with van der Waals surface area (Å²) in [5.41, 5.74) is 3.84. The molecule has 0 radical (unpaired) electrons. The number of Topliss-reactive ketones (excluding diaryl/α,β-unsaturated/α-hetero) is 1. The van der Waals surface area contributed by atoms with Crippen molar-refractivity contribution in [1.82, 2.24) is 19.7 Å². The fourth-order valence-corrected chi connectivity index (χ4v) is 5.43. The lowest BCUT2D eigenvalue weighted by atomic mass is 9.73. The highest BCUT2D eigenvalue weighted by Crippen LogP contribution is 2.45. The fraction of sp³-hybridized carbons (Fsp3) is 0.333. The number of ketones is 1. The van der Waals surface area contributed by atoms with Crippen LogP contribution in [0.1, 0.15) is 44.0 Å². The van der Waals surface area contributed by atoms with Crippen molar-refractivity contribution in [3.63, 3.8) is 0 Å². The summed E-state index contributed by atoms with van der Waals surface area (Å²) in [4.78, 5) is 22.2. The predicted octanol–water partition coefficient (Wildman–Crippen LogP) is 4.69. The van der Waals surface area contributed by atoms with Gasteiger partial charge in [0.1, 0.15) is 6.04 Å². The van der Waals surface area contributed by atoms with Crippen LogP contribution in [0, 0.1) is 5.41 Å². The number of thioether (sulfide) groups is 1. The lowest BCUT2D eigenvalue weighted by molar-refractivity contribution is -0.118. The average molecular weight is 424 g/mol. The predicted molar refractivity (Wildman–Crippen MR) is 115 cm³/mol. The molecule has 8 heteroatoms. The highest BCUT2D eigenvalue weighted by molar-refractivity contribution is 7.98. The third kappa shape index (κ3) is 3.51. The maximum atomic E-state index is 13.1. The zero-order chi connectivity index (χ0) is 20.0. The first-order chi connectivity index (χ1) is 14.0. The molecule has 0 saturated carbocycles. The zero-order valence-electron chi connectivity index (χ0n) is 16.3. The molecule has 0 aromatic carbocycles. The summed E-state index contributed by atoms with van der Waals surface area (Å²) < 4.78 is 1.87. The van der Waals surface area contributed by atoms with Gasteiger partial charge in [0.15, 0.2) is 5.78 Å². The molecule has 0 amide bonds. The summed E-state index contributed by atoms with van der Waals surface area (Å²) in [5, 5.41) is 13.0. The first-order valence-corrected chi connectivity index (χ1v) is 11.5. The van der Waals surface area contributed by atoms with Gasteiger partial charge in [-0.2, -0.15) is 16.3 Å². The average Bonchev–Trinajstić information content (AvgIpc) is 3.34. The van der Waals surface area contributed by atoms with Crippen LogP contribution < -0.4 is 5.32 Å². The van der Waals surface area contributed by atoms with Crippen molar-refractivity contribution in [2.75, 3.05) is 5.32 Å². The summed E-state index contributed by atoms with van der Waals surface area (Å²) in [7, 11) is 0. The van der Waals surface area contributed by atoms with Gasteiger partial charge in [0.25, 0.3) is 0 Å². The van der Waals surface area contributed by atoms with Crippen molar-refractivity contribution in [3.8, 4) is 0 Å². The Morgan fingerprint density at radius 2 is 2.21 bits per heavy atom. The topological polar surface area (TPSA) is 72.7 Å². The molecule has 0 fully saturated rings. The van der Waals surface area contributed by atoms with E-state index in [0.29, 0.717) is 23.3 Å². The van der Waals surface area contributed by atoms with Crippen molar-refractivity contribution in [1.29, 1.82) is 0 Å². The second-order valence-corrected chi connectivity index (χ2v) is 9.91. The zero-order valence-corrected chi connectivity index (χ0v) is 17.9. The molecule has 0 saturated heterocycles. The molecule has 1 unspecified atom stereocenters. The molecule has 6 nitrogen and oxygen atoms in total.